The molecule has 9 heteroatoms. The summed E-state index contributed by atoms with van der Waals surface area (Å²) in [6.45, 7) is 0.133. The van der Waals surface area contributed by atoms with Crippen molar-refractivity contribution in [3.05, 3.63) is 29.7 Å². The molecular formula is C8H7N5O4. The van der Waals surface area contributed by atoms with E-state index in [1.165, 1.54) is 6.33 Å². The van der Waals surface area contributed by atoms with Crippen LogP contribution >= 0.6 is 0 Å². The van der Waals surface area contributed by atoms with Gasteiger partial charge in [0.05, 0.1) is 6.54 Å². The quantitative estimate of drug-likeness (QED) is 0.647. The van der Waals surface area contributed by atoms with Gasteiger partial charge in [0.2, 0.25) is 5.76 Å². The van der Waals surface area contributed by atoms with E-state index in [4.69, 9.17) is 5.11 Å². The lowest BCUT2D eigenvalue weighted by atomic mass is 10.3. The van der Waals surface area contributed by atoms with E-state index >= 15 is 0 Å². The highest BCUT2D eigenvalue weighted by Crippen LogP contribution is 2.03. The van der Waals surface area contributed by atoms with Gasteiger partial charge < -0.3 is 14.9 Å². The molecule has 0 fully saturated rings. The van der Waals surface area contributed by atoms with Gasteiger partial charge >= 0.3 is 5.97 Å². The van der Waals surface area contributed by atoms with Crippen LogP contribution in [-0.2, 0) is 6.54 Å². The molecule has 0 unspecified atom stereocenters. The fraction of sp³-hybridized carbons (Fsp3) is 0.125. The molecule has 0 saturated heterocycles. The van der Waals surface area contributed by atoms with Crippen LogP contribution in [0.5, 0.6) is 0 Å². The maximum absolute atomic E-state index is 11.5. The van der Waals surface area contributed by atoms with Crippen molar-refractivity contribution in [3.63, 3.8) is 0 Å². The summed E-state index contributed by atoms with van der Waals surface area (Å²) in [6.07, 6.45) is 1.31. The Hall–Kier alpha value is -2.71. The minimum atomic E-state index is -1.29. The molecule has 17 heavy (non-hydrogen) atoms. The average Bonchev–Trinajstić information content (AvgIpc) is 2.96. The number of amides is 1. The maximum atomic E-state index is 11.5. The lowest BCUT2D eigenvalue weighted by Crippen LogP contribution is -2.23. The number of nitrogens with zero attached hydrogens (tertiary/aromatic N) is 3. The Balaban J connectivity index is 1.97. The minimum absolute atomic E-state index is 0.109. The second kappa shape index (κ2) is 4.43. The van der Waals surface area contributed by atoms with E-state index in [1.54, 1.807) is 0 Å². The van der Waals surface area contributed by atoms with E-state index in [-0.39, 0.29) is 12.2 Å². The molecule has 0 aromatic carbocycles. The number of carboxylic acids is 1. The zero-order valence-electron chi connectivity index (χ0n) is 8.38. The van der Waals surface area contributed by atoms with Crippen molar-refractivity contribution >= 4 is 11.9 Å². The number of nitrogens with one attached hydrogen (secondary N) is 2. The van der Waals surface area contributed by atoms with Gasteiger partial charge in [-0.25, -0.2) is 9.78 Å². The Morgan fingerprint density at radius 2 is 2.35 bits per heavy atom. The Morgan fingerprint density at radius 3 is 2.94 bits per heavy atom. The van der Waals surface area contributed by atoms with Crippen LogP contribution in [-0.4, -0.2) is 37.3 Å². The molecule has 0 aliphatic heterocycles. The number of aromatic amines is 1. The number of rotatable bonds is 4. The first-order valence-corrected chi connectivity index (χ1v) is 4.49. The number of H-pyrrole nitrogens is 1. The third kappa shape index (κ3) is 2.45. The number of aromatic carboxylic acids is 1. The standard InChI is InChI=1S/C8H7N5O4/c14-7(9-2-6-10-3-11-12-6)4-1-5(8(15)16)17-13-4/h1,3H,2H2,(H,9,14)(H,15,16)(H,10,11,12). The Bertz CT molecular complexity index is 532. The third-order valence-electron chi connectivity index (χ3n) is 1.83. The molecule has 0 atom stereocenters. The van der Waals surface area contributed by atoms with Gasteiger partial charge in [-0.1, -0.05) is 5.16 Å². The van der Waals surface area contributed by atoms with E-state index in [0.717, 1.165) is 6.07 Å². The molecule has 0 aliphatic rings. The van der Waals surface area contributed by atoms with E-state index in [1.807, 2.05) is 0 Å². The second-order valence-corrected chi connectivity index (χ2v) is 3.00. The van der Waals surface area contributed by atoms with Crippen LogP contribution in [0.15, 0.2) is 16.9 Å². The number of hydrogen-bond acceptors (Lipinski definition) is 6. The van der Waals surface area contributed by atoms with Crippen molar-refractivity contribution in [2.75, 3.05) is 0 Å². The topological polar surface area (TPSA) is 134 Å². The summed E-state index contributed by atoms with van der Waals surface area (Å²) in [5.74, 6) is -1.76. The smallest absolute Gasteiger partial charge is 0.374 e. The number of aromatic nitrogens is 4. The molecule has 1 amide bonds. The van der Waals surface area contributed by atoms with Crippen molar-refractivity contribution in [2.45, 2.75) is 6.54 Å². The number of carboxylic acid groups (broad SMARTS) is 1. The summed E-state index contributed by atoms with van der Waals surface area (Å²) in [4.78, 5) is 25.8. The fourth-order valence-electron chi connectivity index (χ4n) is 1.05. The third-order valence-corrected chi connectivity index (χ3v) is 1.83. The largest absolute Gasteiger partial charge is 0.475 e. The maximum Gasteiger partial charge on any atom is 0.374 e. The van der Waals surface area contributed by atoms with Gasteiger partial charge in [0, 0.05) is 6.07 Å². The Morgan fingerprint density at radius 1 is 1.53 bits per heavy atom. The van der Waals surface area contributed by atoms with Crippen molar-refractivity contribution < 1.29 is 19.2 Å². The molecular weight excluding hydrogens is 230 g/mol. The van der Waals surface area contributed by atoms with Crippen molar-refractivity contribution in [2.24, 2.45) is 0 Å². The molecule has 2 aromatic rings. The van der Waals surface area contributed by atoms with Crippen LogP contribution < -0.4 is 5.32 Å². The normalized spacial score (nSPS) is 10.1. The van der Waals surface area contributed by atoms with E-state index in [2.05, 4.69) is 30.2 Å². The monoisotopic (exact) mass is 237 g/mol. The molecule has 0 saturated carbocycles. The first-order chi connectivity index (χ1) is 8.16. The lowest BCUT2D eigenvalue weighted by molar-refractivity contribution is 0.0651. The van der Waals surface area contributed by atoms with Gasteiger partial charge in [0.1, 0.15) is 12.2 Å². The molecule has 2 heterocycles. The highest BCUT2D eigenvalue weighted by Gasteiger charge is 2.16. The van der Waals surface area contributed by atoms with Gasteiger partial charge in [-0.15, -0.1) is 0 Å². The van der Waals surface area contributed by atoms with Crippen molar-refractivity contribution in [3.8, 4) is 0 Å². The molecule has 0 radical (unpaired) electrons. The summed E-state index contributed by atoms with van der Waals surface area (Å²) in [5, 5.41) is 20.5. The van der Waals surface area contributed by atoms with Crippen molar-refractivity contribution in [1.82, 2.24) is 25.7 Å². The van der Waals surface area contributed by atoms with Crippen LogP contribution in [0.4, 0.5) is 0 Å². The first kappa shape index (κ1) is 10.8. The predicted molar refractivity (Wildman–Crippen MR) is 51.0 cm³/mol. The van der Waals surface area contributed by atoms with Crippen LogP contribution in [0.3, 0.4) is 0 Å². The van der Waals surface area contributed by atoms with Crippen LogP contribution in [0, 0.1) is 0 Å². The number of hydrogen-bond donors (Lipinski definition) is 3. The number of carbonyl (C=O) groups is 2. The molecule has 2 rings (SSSR count). The van der Waals surface area contributed by atoms with Gasteiger partial charge in [0.25, 0.3) is 5.91 Å². The van der Waals surface area contributed by atoms with Gasteiger partial charge in [-0.05, 0) is 0 Å². The highest BCUT2D eigenvalue weighted by molar-refractivity contribution is 5.94. The minimum Gasteiger partial charge on any atom is -0.475 e. The number of carbonyl (C=O) groups excluding carboxylic acids is 1. The average molecular weight is 237 g/mol. The Labute approximate surface area is 93.8 Å². The van der Waals surface area contributed by atoms with Crippen LogP contribution in [0.2, 0.25) is 0 Å². The molecule has 0 bridgehead atoms. The second-order valence-electron chi connectivity index (χ2n) is 3.00. The van der Waals surface area contributed by atoms with Gasteiger partial charge in [0.15, 0.2) is 5.69 Å². The van der Waals surface area contributed by atoms with Crippen molar-refractivity contribution in [1.29, 1.82) is 0 Å². The fourth-order valence-corrected chi connectivity index (χ4v) is 1.05. The molecule has 0 spiro atoms. The SMILES string of the molecule is O=C(NCc1ncn[nH]1)c1cc(C(=O)O)on1. The van der Waals surface area contributed by atoms with Gasteiger partial charge in [-0.3, -0.25) is 9.89 Å². The van der Waals surface area contributed by atoms with Crippen LogP contribution in [0.25, 0.3) is 0 Å². The zero-order valence-corrected chi connectivity index (χ0v) is 8.38. The summed E-state index contributed by atoms with van der Waals surface area (Å²) in [5.41, 5.74) is -0.109. The van der Waals surface area contributed by atoms with E-state index < -0.39 is 17.6 Å². The van der Waals surface area contributed by atoms with Crippen LogP contribution in [0.1, 0.15) is 26.9 Å². The molecule has 9 nitrogen and oxygen atoms in total. The summed E-state index contributed by atoms with van der Waals surface area (Å²) in [7, 11) is 0. The zero-order chi connectivity index (χ0) is 12.3. The van der Waals surface area contributed by atoms with E-state index in [0.29, 0.717) is 5.82 Å². The van der Waals surface area contributed by atoms with Gasteiger partial charge in [-0.2, -0.15) is 5.10 Å². The summed E-state index contributed by atoms with van der Waals surface area (Å²) in [6, 6.07) is 1.04. The van der Waals surface area contributed by atoms with E-state index in [9.17, 15) is 9.59 Å². The predicted octanol–water partition coefficient (Wildman–Crippen LogP) is -0.579. The lowest BCUT2D eigenvalue weighted by Gasteiger charge is -1.97. The molecule has 2 aromatic heterocycles. The molecule has 88 valence electrons. The summed E-state index contributed by atoms with van der Waals surface area (Å²) < 4.78 is 4.44. The Kier molecular flexibility index (Phi) is 2.81. The summed E-state index contributed by atoms with van der Waals surface area (Å²) >= 11 is 0. The first-order valence-electron chi connectivity index (χ1n) is 4.49. The molecule has 3 N–H and O–H groups in total. The highest BCUT2D eigenvalue weighted by atomic mass is 16.5. The molecule has 0 aliphatic carbocycles.